The van der Waals surface area contributed by atoms with Crippen molar-refractivity contribution in [3.05, 3.63) is 51.2 Å². The Labute approximate surface area is 101 Å². The first-order valence-corrected chi connectivity index (χ1v) is 5.78. The smallest absolute Gasteiger partial charge is 0.178 e. The molecule has 16 heavy (non-hydrogen) atoms. The highest BCUT2D eigenvalue weighted by molar-refractivity contribution is 7.11. The Kier molecular flexibility index (Phi) is 3.31. The van der Waals surface area contributed by atoms with Crippen molar-refractivity contribution in [2.24, 2.45) is 0 Å². The minimum Gasteiger partial charge on any atom is -0.293 e. The maximum absolute atomic E-state index is 13.3. The van der Waals surface area contributed by atoms with E-state index in [1.807, 2.05) is 0 Å². The number of benzene rings is 1. The number of halogens is 2. The molecule has 0 aliphatic heterocycles. The molecule has 0 bridgehead atoms. The lowest BCUT2D eigenvalue weighted by atomic mass is 10.1. The van der Waals surface area contributed by atoms with Crippen molar-refractivity contribution in [2.75, 3.05) is 0 Å². The molecule has 82 valence electrons. The molecule has 0 aliphatic carbocycles. The van der Waals surface area contributed by atoms with Crippen LogP contribution in [-0.2, 0) is 6.42 Å². The Balaban J connectivity index is 2.21. The Morgan fingerprint density at radius 1 is 1.50 bits per heavy atom. The summed E-state index contributed by atoms with van der Waals surface area (Å²) >= 11 is 6.98. The van der Waals surface area contributed by atoms with E-state index in [2.05, 4.69) is 4.98 Å². The summed E-state index contributed by atoms with van der Waals surface area (Å²) in [6, 6.07) is 4.19. The number of thiazole rings is 1. The molecule has 0 unspecified atom stereocenters. The van der Waals surface area contributed by atoms with Crippen LogP contribution in [0.15, 0.2) is 29.9 Å². The summed E-state index contributed by atoms with van der Waals surface area (Å²) < 4.78 is 13.3. The first kappa shape index (κ1) is 11.2. The first-order valence-electron chi connectivity index (χ1n) is 4.52. The molecule has 0 amide bonds. The molecule has 1 heterocycles. The highest BCUT2D eigenvalue weighted by atomic mass is 35.5. The standard InChI is InChI=1S/C11H7ClFNOS/c12-8-1-2-9(13)7(3-8)4-10(15)11-5-14-6-16-11/h1-3,5-6H,4H2. The summed E-state index contributed by atoms with van der Waals surface area (Å²) in [5.74, 6) is -0.564. The highest BCUT2D eigenvalue weighted by Crippen LogP contribution is 2.18. The third-order valence-corrected chi connectivity index (χ3v) is 3.12. The van der Waals surface area contributed by atoms with Crippen molar-refractivity contribution in [3.63, 3.8) is 0 Å². The fraction of sp³-hybridized carbons (Fsp3) is 0.0909. The number of carbonyl (C=O) groups is 1. The van der Waals surface area contributed by atoms with Gasteiger partial charge < -0.3 is 0 Å². The van der Waals surface area contributed by atoms with Crippen LogP contribution in [0.1, 0.15) is 15.2 Å². The summed E-state index contributed by atoms with van der Waals surface area (Å²) in [4.78, 5) is 16.0. The van der Waals surface area contributed by atoms with Crippen LogP contribution >= 0.6 is 22.9 Å². The SMILES string of the molecule is O=C(Cc1cc(Cl)ccc1F)c1cncs1. The molecule has 2 rings (SSSR count). The number of hydrogen-bond donors (Lipinski definition) is 0. The average Bonchev–Trinajstić information content (AvgIpc) is 2.76. The Morgan fingerprint density at radius 3 is 3.00 bits per heavy atom. The van der Waals surface area contributed by atoms with Crippen molar-refractivity contribution < 1.29 is 9.18 Å². The van der Waals surface area contributed by atoms with Gasteiger partial charge >= 0.3 is 0 Å². The number of rotatable bonds is 3. The Hall–Kier alpha value is -1.26. The molecule has 2 nitrogen and oxygen atoms in total. The van der Waals surface area contributed by atoms with Crippen molar-refractivity contribution >= 4 is 28.7 Å². The van der Waals surface area contributed by atoms with Crippen LogP contribution in [0.3, 0.4) is 0 Å². The van der Waals surface area contributed by atoms with Gasteiger partial charge in [0.15, 0.2) is 5.78 Å². The predicted molar refractivity (Wildman–Crippen MR) is 61.6 cm³/mol. The molecule has 1 aromatic heterocycles. The zero-order chi connectivity index (χ0) is 11.5. The van der Waals surface area contributed by atoms with E-state index in [4.69, 9.17) is 11.6 Å². The van der Waals surface area contributed by atoms with E-state index >= 15 is 0 Å². The fourth-order valence-corrected chi connectivity index (χ4v) is 2.05. The van der Waals surface area contributed by atoms with Crippen LogP contribution in [0.4, 0.5) is 4.39 Å². The summed E-state index contributed by atoms with van der Waals surface area (Å²) in [6.45, 7) is 0. The van der Waals surface area contributed by atoms with Crippen LogP contribution in [0, 0.1) is 5.82 Å². The minimum absolute atomic E-state index is 0.00852. The largest absolute Gasteiger partial charge is 0.293 e. The quantitative estimate of drug-likeness (QED) is 0.787. The van der Waals surface area contributed by atoms with Crippen LogP contribution in [0.5, 0.6) is 0 Å². The number of hydrogen-bond acceptors (Lipinski definition) is 3. The molecular formula is C11H7ClFNOS. The first-order chi connectivity index (χ1) is 7.66. The van der Waals surface area contributed by atoms with E-state index in [9.17, 15) is 9.18 Å². The lowest BCUT2D eigenvalue weighted by Crippen LogP contribution is -2.03. The molecule has 1 aromatic carbocycles. The number of nitrogens with zero attached hydrogens (tertiary/aromatic N) is 1. The van der Waals surface area contributed by atoms with Gasteiger partial charge in [0.05, 0.1) is 10.4 Å². The van der Waals surface area contributed by atoms with Crippen molar-refractivity contribution in [1.29, 1.82) is 0 Å². The molecule has 0 saturated heterocycles. The van der Waals surface area contributed by atoms with E-state index in [0.717, 1.165) is 0 Å². The molecule has 2 aromatic rings. The molecular weight excluding hydrogens is 249 g/mol. The summed E-state index contributed by atoms with van der Waals surface area (Å²) in [7, 11) is 0. The molecule has 0 aliphatic rings. The molecule has 0 spiro atoms. The third-order valence-electron chi connectivity index (χ3n) is 2.07. The third kappa shape index (κ3) is 2.46. The van der Waals surface area contributed by atoms with Gasteiger partial charge in [0, 0.05) is 17.6 Å². The summed E-state index contributed by atoms with van der Waals surface area (Å²) in [6.07, 6.45) is 1.49. The van der Waals surface area contributed by atoms with Crippen molar-refractivity contribution in [3.8, 4) is 0 Å². The molecule has 0 radical (unpaired) electrons. The van der Waals surface area contributed by atoms with Crippen LogP contribution < -0.4 is 0 Å². The molecule has 5 heteroatoms. The minimum atomic E-state index is -0.415. The topological polar surface area (TPSA) is 30.0 Å². The second kappa shape index (κ2) is 4.72. The number of aromatic nitrogens is 1. The normalized spacial score (nSPS) is 10.4. The van der Waals surface area contributed by atoms with Crippen molar-refractivity contribution in [2.45, 2.75) is 6.42 Å². The lowest BCUT2D eigenvalue weighted by molar-refractivity contribution is 0.0995. The summed E-state index contributed by atoms with van der Waals surface area (Å²) in [5, 5.41) is 0.425. The Bertz CT molecular complexity index is 513. The van der Waals surface area contributed by atoms with Gasteiger partial charge in [-0.15, -0.1) is 11.3 Å². The number of ketones is 1. The lowest BCUT2D eigenvalue weighted by Gasteiger charge is -2.01. The number of carbonyl (C=O) groups excluding carboxylic acids is 1. The average molecular weight is 256 g/mol. The monoisotopic (exact) mass is 255 g/mol. The Morgan fingerprint density at radius 2 is 2.31 bits per heavy atom. The van der Waals surface area contributed by atoms with Gasteiger partial charge in [0.2, 0.25) is 0 Å². The van der Waals surface area contributed by atoms with Crippen LogP contribution in [0.25, 0.3) is 0 Å². The predicted octanol–water partition coefficient (Wildman–Crippen LogP) is 3.36. The van der Waals surface area contributed by atoms with Gasteiger partial charge in [-0.25, -0.2) is 4.39 Å². The van der Waals surface area contributed by atoms with Gasteiger partial charge in [-0.3, -0.25) is 9.78 Å². The fourth-order valence-electron chi connectivity index (χ4n) is 1.29. The molecule has 0 N–H and O–H groups in total. The second-order valence-corrected chi connectivity index (χ2v) is 4.52. The van der Waals surface area contributed by atoms with Gasteiger partial charge in [-0.05, 0) is 23.8 Å². The van der Waals surface area contributed by atoms with Crippen LogP contribution in [-0.4, -0.2) is 10.8 Å². The maximum atomic E-state index is 13.3. The second-order valence-electron chi connectivity index (χ2n) is 3.20. The van der Waals surface area contributed by atoms with Gasteiger partial charge in [-0.2, -0.15) is 0 Å². The van der Waals surface area contributed by atoms with E-state index in [-0.39, 0.29) is 12.2 Å². The van der Waals surface area contributed by atoms with E-state index < -0.39 is 5.82 Å². The molecule has 0 saturated carbocycles. The maximum Gasteiger partial charge on any atom is 0.178 e. The van der Waals surface area contributed by atoms with E-state index in [0.29, 0.717) is 15.5 Å². The summed E-state index contributed by atoms with van der Waals surface area (Å²) in [5.41, 5.74) is 1.88. The molecule has 0 atom stereocenters. The molecule has 0 fully saturated rings. The highest BCUT2D eigenvalue weighted by Gasteiger charge is 2.12. The van der Waals surface area contributed by atoms with Crippen molar-refractivity contribution in [1.82, 2.24) is 4.98 Å². The van der Waals surface area contributed by atoms with Gasteiger partial charge in [0.1, 0.15) is 5.82 Å². The number of Topliss-reactive ketones (excluding diaryl/α,β-unsaturated/α-hetero) is 1. The zero-order valence-corrected chi connectivity index (χ0v) is 9.69. The van der Waals surface area contributed by atoms with Gasteiger partial charge in [-0.1, -0.05) is 11.6 Å². The van der Waals surface area contributed by atoms with Crippen LogP contribution in [0.2, 0.25) is 5.02 Å². The zero-order valence-electron chi connectivity index (χ0n) is 8.11. The van der Waals surface area contributed by atoms with E-state index in [1.165, 1.54) is 35.7 Å². The van der Waals surface area contributed by atoms with Gasteiger partial charge in [0.25, 0.3) is 0 Å². The van der Waals surface area contributed by atoms with E-state index in [1.54, 1.807) is 5.51 Å².